The Kier molecular flexibility index (Phi) is 2.71. The van der Waals surface area contributed by atoms with E-state index in [0.29, 0.717) is 0 Å². The second kappa shape index (κ2) is 4.39. The number of hydrogen-bond acceptors (Lipinski definition) is 4. The van der Waals surface area contributed by atoms with Gasteiger partial charge in [-0.15, -0.1) is 0 Å². The van der Waals surface area contributed by atoms with Crippen molar-refractivity contribution in [3.05, 3.63) is 53.6 Å². The Morgan fingerprint density at radius 3 is 2.68 bits per heavy atom. The zero-order valence-corrected chi connectivity index (χ0v) is 10.9. The molecule has 3 rings (SSSR count). The van der Waals surface area contributed by atoms with E-state index >= 15 is 0 Å². The van der Waals surface area contributed by atoms with E-state index in [-0.39, 0.29) is 6.04 Å². The third-order valence-electron chi connectivity index (χ3n) is 3.40. The van der Waals surface area contributed by atoms with E-state index in [1.54, 1.807) is 0 Å². The molecule has 96 valence electrons. The molecule has 1 N–H and O–H groups in total. The first-order valence-corrected chi connectivity index (χ1v) is 6.23. The Hall–Kier alpha value is -2.36. The smallest absolute Gasteiger partial charge is 0.149 e. The van der Waals surface area contributed by atoms with Crippen LogP contribution in [-0.2, 0) is 4.79 Å². The first-order valence-electron chi connectivity index (χ1n) is 6.23. The summed E-state index contributed by atoms with van der Waals surface area (Å²) in [6.07, 6.45) is 4.70. The van der Waals surface area contributed by atoms with Gasteiger partial charge in [-0.1, -0.05) is 29.8 Å². The van der Waals surface area contributed by atoms with E-state index in [0.717, 1.165) is 29.1 Å². The van der Waals surface area contributed by atoms with Crippen LogP contribution in [0.4, 0.5) is 0 Å². The maximum Gasteiger partial charge on any atom is 0.149 e. The van der Waals surface area contributed by atoms with E-state index in [1.807, 2.05) is 24.2 Å². The van der Waals surface area contributed by atoms with Crippen molar-refractivity contribution in [3.63, 3.8) is 0 Å². The monoisotopic (exact) mass is 253 g/mol. The minimum atomic E-state index is -0.284. The van der Waals surface area contributed by atoms with Crippen LogP contribution in [0, 0.1) is 6.92 Å². The van der Waals surface area contributed by atoms with Crippen molar-refractivity contribution in [2.24, 2.45) is 4.99 Å². The summed E-state index contributed by atoms with van der Waals surface area (Å²) >= 11 is 0. The molecule has 1 aromatic rings. The van der Waals surface area contributed by atoms with Crippen LogP contribution < -0.4 is 5.32 Å². The number of hydrogen-bond donors (Lipinski definition) is 1. The summed E-state index contributed by atoms with van der Waals surface area (Å²) in [5, 5.41) is 3.23. The molecule has 1 aromatic carbocycles. The van der Waals surface area contributed by atoms with Crippen LogP contribution in [-0.4, -0.2) is 22.9 Å². The molecular formula is C15H15N3O. The summed E-state index contributed by atoms with van der Waals surface area (Å²) in [4.78, 5) is 17.4. The van der Waals surface area contributed by atoms with Crippen molar-refractivity contribution in [3.8, 4) is 0 Å². The molecule has 2 aliphatic heterocycles. The Bertz CT molecular complexity index is 611. The van der Waals surface area contributed by atoms with Crippen molar-refractivity contribution in [2.45, 2.75) is 19.9 Å². The van der Waals surface area contributed by atoms with E-state index in [4.69, 9.17) is 0 Å². The number of fused-ring (bicyclic) bond motifs is 1. The lowest BCUT2D eigenvalue weighted by Gasteiger charge is -2.25. The number of rotatable bonds is 2. The lowest BCUT2D eigenvalue weighted by atomic mass is 10.1. The van der Waals surface area contributed by atoms with Gasteiger partial charge >= 0.3 is 0 Å². The summed E-state index contributed by atoms with van der Waals surface area (Å²) in [7, 11) is 0. The molecule has 0 aliphatic carbocycles. The van der Waals surface area contributed by atoms with Gasteiger partial charge in [0.2, 0.25) is 0 Å². The molecule has 0 bridgehead atoms. The maximum atomic E-state index is 11.2. The van der Waals surface area contributed by atoms with Gasteiger partial charge in [0.1, 0.15) is 18.1 Å². The zero-order valence-electron chi connectivity index (χ0n) is 10.9. The summed E-state index contributed by atoms with van der Waals surface area (Å²) < 4.78 is 0. The van der Waals surface area contributed by atoms with Crippen LogP contribution in [0.25, 0.3) is 5.70 Å². The van der Waals surface area contributed by atoms with Gasteiger partial charge < -0.3 is 15.0 Å². The molecule has 0 saturated heterocycles. The number of aliphatic imine (C=N–C) groups is 1. The van der Waals surface area contributed by atoms with Crippen molar-refractivity contribution in [1.82, 2.24) is 10.2 Å². The predicted molar refractivity (Wildman–Crippen MR) is 75.2 cm³/mol. The van der Waals surface area contributed by atoms with E-state index in [2.05, 4.69) is 41.5 Å². The number of aryl methyl sites for hydroxylation is 1. The number of nitrogens with zero attached hydrogens (tertiary/aromatic N) is 2. The summed E-state index contributed by atoms with van der Waals surface area (Å²) in [6, 6.07) is 7.98. The molecule has 2 aliphatic rings. The van der Waals surface area contributed by atoms with Crippen LogP contribution in [0.15, 0.2) is 47.5 Å². The molecule has 0 radical (unpaired) electrons. The average Bonchev–Trinajstić information content (AvgIpc) is 2.74. The Labute approximate surface area is 112 Å². The van der Waals surface area contributed by atoms with Gasteiger partial charge in [0.25, 0.3) is 0 Å². The first-order chi connectivity index (χ1) is 9.19. The second-order valence-electron chi connectivity index (χ2n) is 4.80. The highest BCUT2D eigenvalue weighted by atomic mass is 16.1. The highest BCUT2D eigenvalue weighted by molar-refractivity contribution is 6.02. The van der Waals surface area contributed by atoms with Gasteiger partial charge in [-0.25, -0.2) is 4.99 Å². The van der Waals surface area contributed by atoms with Crippen molar-refractivity contribution in [1.29, 1.82) is 0 Å². The van der Waals surface area contributed by atoms with Gasteiger partial charge in [0, 0.05) is 18.1 Å². The molecule has 0 saturated carbocycles. The molecule has 2 heterocycles. The fraction of sp³-hybridized carbons (Fsp3) is 0.200. The number of benzene rings is 1. The first kappa shape index (κ1) is 11.7. The zero-order chi connectivity index (χ0) is 13.4. The fourth-order valence-corrected chi connectivity index (χ4v) is 2.28. The molecule has 1 unspecified atom stereocenters. The van der Waals surface area contributed by atoms with Gasteiger partial charge in [0.05, 0.1) is 5.70 Å². The summed E-state index contributed by atoms with van der Waals surface area (Å²) in [6.45, 7) is 3.93. The molecule has 4 heteroatoms. The topological polar surface area (TPSA) is 44.7 Å². The van der Waals surface area contributed by atoms with Crippen molar-refractivity contribution in [2.75, 3.05) is 0 Å². The molecular weight excluding hydrogens is 238 g/mol. The molecule has 0 spiro atoms. The van der Waals surface area contributed by atoms with E-state index in [1.165, 1.54) is 5.56 Å². The molecule has 0 aromatic heterocycles. The van der Waals surface area contributed by atoms with Crippen LogP contribution in [0.1, 0.15) is 18.1 Å². The Balaban J connectivity index is 1.94. The number of aldehydes is 1. The van der Waals surface area contributed by atoms with Crippen LogP contribution in [0.5, 0.6) is 0 Å². The molecule has 1 atom stereocenters. The lowest BCUT2D eigenvalue weighted by Crippen LogP contribution is -2.34. The Morgan fingerprint density at radius 1 is 1.26 bits per heavy atom. The molecule has 0 amide bonds. The predicted octanol–water partition coefficient (Wildman–Crippen LogP) is 2.04. The van der Waals surface area contributed by atoms with Gasteiger partial charge in [-0.2, -0.15) is 0 Å². The van der Waals surface area contributed by atoms with Crippen molar-refractivity contribution < 1.29 is 4.79 Å². The van der Waals surface area contributed by atoms with Crippen LogP contribution in [0.2, 0.25) is 0 Å². The van der Waals surface area contributed by atoms with Crippen LogP contribution in [0.3, 0.4) is 0 Å². The van der Waals surface area contributed by atoms with E-state index in [9.17, 15) is 4.79 Å². The maximum absolute atomic E-state index is 11.2. The summed E-state index contributed by atoms with van der Waals surface area (Å²) in [5.74, 6) is 0.783. The molecule has 4 nitrogen and oxygen atoms in total. The third-order valence-corrected chi connectivity index (χ3v) is 3.40. The third kappa shape index (κ3) is 1.95. The minimum Gasteiger partial charge on any atom is -0.357 e. The molecule has 0 fully saturated rings. The number of nitrogens with one attached hydrogen (secondary N) is 1. The van der Waals surface area contributed by atoms with Gasteiger partial charge in [-0.05, 0) is 19.4 Å². The minimum absolute atomic E-state index is 0.284. The average molecular weight is 253 g/mol. The standard InChI is InChI=1S/C15H15N3O/c1-10-3-5-12(6-4-10)13-8-18-14(9-19)11(2)17-15(18)7-16-13/h3-9,14,16H,1-2H3. The largest absolute Gasteiger partial charge is 0.357 e. The van der Waals surface area contributed by atoms with Gasteiger partial charge in [0.15, 0.2) is 0 Å². The van der Waals surface area contributed by atoms with Crippen LogP contribution >= 0.6 is 0 Å². The number of carbonyl (C=O) groups excluding carboxylic acids is 1. The SMILES string of the molecule is CC1=NC2=CNC(c3ccc(C)cc3)=CN2C1C=O. The molecule has 19 heavy (non-hydrogen) atoms. The normalized spacial score (nSPS) is 21.1. The second-order valence-corrected chi connectivity index (χ2v) is 4.80. The van der Waals surface area contributed by atoms with Crippen molar-refractivity contribution >= 4 is 17.7 Å². The highest BCUT2D eigenvalue weighted by Crippen LogP contribution is 2.26. The summed E-state index contributed by atoms with van der Waals surface area (Å²) in [5.41, 5.74) is 4.11. The Morgan fingerprint density at radius 2 is 2.00 bits per heavy atom. The highest BCUT2D eigenvalue weighted by Gasteiger charge is 2.30. The quantitative estimate of drug-likeness (QED) is 0.820. The fourth-order valence-electron chi connectivity index (χ4n) is 2.28. The van der Waals surface area contributed by atoms with Gasteiger partial charge in [-0.3, -0.25) is 0 Å². The lowest BCUT2D eigenvalue weighted by molar-refractivity contribution is -0.109. The van der Waals surface area contributed by atoms with E-state index < -0.39 is 0 Å². The number of carbonyl (C=O) groups is 1.